The molecule has 1 aliphatic heterocycles. The fourth-order valence-corrected chi connectivity index (χ4v) is 3.21. The highest BCUT2D eigenvalue weighted by molar-refractivity contribution is 9.10. The summed E-state index contributed by atoms with van der Waals surface area (Å²) >= 11 is 3.36. The van der Waals surface area contributed by atoms with E-state index in [0.29, 0.717) is 37.2 Å². The number of phenolic OH excluding ortho intramolecular Hbond substituents is 1. The first kappa shape index (κ1) is 17.5. The van der Waals surface area contributed by atoms with Gasteiger partial charge in [-0.25, -0.2) is 0 Å². The number of amides is 2. The molecule has 0 unspecified atom stereocenters. The molecular formula is C19H19BrN2O3. The van der Waals surface area contributed by atoms with Crippen LogP contribution in [0.25, 0.3) is 0 Å². The van der Waals surface area contributed by atoms with Gasteiger partial charge in [0.2, 0.25) is 5.91 Å². The molecule has 130 valence electrons. The molecule has 1 saturated heterocycles. The second kappa shape index (κ2) is 7.70. The van der Waals surface area contributed by atoms with Crippen molar-refractivity contribution in [1.29, 1.82) is 0 Å². The lowest BCUT2D eigenvalue weighted by molar-refractivity contribution is -0.121. The predicted molar refractivity (Wildman–Crippen MR) is 99.5 cm³/mol. The lowest BCUT2D eigenvalue weighted by Gasteiger charge is -2.31. The van der Waals surface area contributed by atoms with Gasteiger partial charge in [-0.15, -0.1) is 0 Å². The van der Waals surface area contributed by atoms with Crippen molar-refractivity contribution in [2.45, 2.75) is 12.8 Å². The summed E-state index contributed by atoms with van der Waals surface area (Å²) in [7, 11) is 0. The fraction of sp³-hybridized carbons (Fsp3) is 0.263. The fourth-order valence-electron chi connectivity index (χ4n) is 2.95. The van der Waals surface area contributed by atoms with Crippen LogP contribution in [0.3, 0.4) is 0 Å². The van der Waals surface area contributed by atoms with Crippen LogP contribution in [0.2, 0.25) is 0 Å². The van der Waals surface area contributed by atoms with Crippen molar-refractivity contribution in [3.63, 3.8) is 0 Å². The van der Waals surface area contributed by atoms with E-state index in [2.05, 4.69) is 21.2 Å². The van der Waals surface area contributed by atoms with Gasteiger partial charge in [0, 0.05) is 40.8 Å². The van der Waals surface area contributed by atoms with Gasteiger partial charge in [-0.1, -0.05) is 22.0 Å². The minimum Gasteiger partial charge on any atom is -0.508 e. The van der Waals surface area contributed by atoms with Crippen molar-refractivity contribution in [2.75, 3.05) is 18.4 Å². The van der Waals surface area contributed by atoms with Gasteiger partial charge in [0.05, 0.1) is 0 Å². The molecule has 0 aromatic heterocycles. The Kier molecular flexibility index (Phi) is 5.38. The first-order valence-corrected chi connectivity index (χ1v) is 8.97. The molecule has 2 aromatic rings. The molecule has 2 N–H and O–H groups in total. The number of carbonyl (C=O) groups excluding carboxylic acids is 2. The third-order valence-corrected chi connectivity index (χ3v) is 4.89. The average Bonchev–Trinajstić information content (AvgIpc) is 2.62. The molecule has 1 heterocycles. The number of halogens is 1. The Hall–Kier alpha value is -2.34. The summed E-state index contributed by atoms with van der Waals surface area (Å²) in [4.78, 5) is 26.7. The molecule has 0 saturated carbocycles. The SMILES string of the molecule is O=C(Nc1cccc(O)c1)C1CCN(C(=O)c2ccc(Br)cc2)CC1. The largest absolute Gasteiger partial charge is 0.508 e. The summed E-state index contributed by atoms with van der Waals surface area (Å²) in [5, 5.41) is 12.3. The number of aromatic hydroxyl groups is 1. The Morgan fingerprint density at radius 3 is 2.40 bits per heavy atom. The van der Waals surface area contributed by atoms with Crippen LogP contribution in [0, 0.1) is 5.92 Å². The number of hydrogen-bond donors (Lipinski definition) is 2. The molecule has 1 aliphatic rings. The normalized spacial score (nSPS) is 15.0. The van der Waals surface area contributed by atoms with E-state index >= 15 is 0 Å². The van der Waals surface area contributed by atoms with Crippen molar-refractivity contribution in [1.82, 2.24) is 4.90 Å². The smallest absolute Gasteiger partial charge is 0.253 e. The van der Waals surface area contributed by atoms with Crippen LogP contribution in [0.1, 0.15) is 23.2 Å². The highest BCUT2D eigenvalue weighted by atomic mass is 79.9. The van der Waals surface area contributed by atoms with E-state index in [1.807, 2.05) is 12.1 Å². The molecule has 3 rings (SSSR count). The Bertz CT molecular complexity index is 768. The van der Waals surface area contributed by atoms with E-state index in [1.165, 1.54) is 6.07 Å². The molecule has 0 atom stereocenters. The molecule has 0 aliphatic carbocycles. The minimum absolute atomic E-state index is 0.000611. The van der Waals surface area contributed by atoms with E-state index in [0.717, 1.165) is 4.47 Å². The number of phenols is 1. The second-order valence-electron chi connectivity index (χ2n) is 6.11. The first-order chi connectivity index (χ1) is 12.0. The van der Waals surface area contributed by atoms with Gasteiger partial charge in [0.1, 0.15) is 5.75 Å². The maximum absolute atomic E-state index is 12.5. The number of nitrogens with zero attached hydrogens (tertiary/aromatic N) is 1. The third-order valence-electron chi connectivity index (χ3n) is 4.36. The Balaban J connectivity index is 1.55. The quantitative estimate of drug-likeness (QED) is 0.822. The van der Waals surface area contributed by atoms with Crippen LogP contribution in [0.15, 0.2) is 53.0 Å². The zero-order chi connectivity index (χ0) is 17.8. The van der Waals surface area contributed by atoms with E-state index in [-0.39, 0.29) is 23.5 Å². The van der Waals surface area contributed by atoms with Crippen LogP contribution in [-0.4, -0.2) is 34.9 Å². The van der Waals surface area contributed by atoms with E-state index in [4.69, 9.17) is 0 Å². The number of piperidine rings is 1. The van der Waals surface area contributed by atoms with Gasteiger partial charge in [0.15, 0.2) is 0 Å². The van der Waals surface area contributed by atoms with Crippen molar-refractivity contribution in [3.8, 4) is 5.75 Å². The van der Waals surface area contributed by atoms with Gasteiger partial charge < -0.3 is 15.3 Å². The zero-order valence-corrected chi connectivity index (χ0v) is 15.2. The van der Waals surface area contributed by atoms with Gasteiger partial charge in [-0.3, -0.25) is 9.59 Å². The van der Waals surface area contributed by atoms with Crippen molar-refractivity contribution in [2.24, 2.45) is 5.92 Å². The highest BCUT2D eigenvalue weighted by Gasteiger charge is 2.27. The molecule has 6 heteroatoms. The highest BCUT2D eigenvalue weighted by Crippen LogP contribution is 2.22. The van der Waals surface area contributed by atoms with Gasteiger partial charge in [-0.2, -0.15) is 0 Å². The maximum Gasteiger partial charge on any atom is 0.253 e. The standard InChI is InChI=1S/C19H19BrN2O3/c20-15-6-4-14(5-7-15)19(25)22-10-8-13(9-11-22)18(24)21-16-2-1-3-17(23)12-16/h1-7,12-13,23H,8-11H2,(H,21,24). The number of anilines is 1. The van der Waals surface area contributed by atoms with Crippen LogP contribution in [0.4, 0.5) is 5.69 Å². The first-order valence-electron chi connectivity index (χ1n) is 8.17. The summed E-state index contributed by atoms with van der Waals surface area (Å²) in [6.45, 7) is 1.13. The summed E-state index contributed by atoms with van der Waals surface area (Å²) < 4.78 is 0.936. The van der Waals surface area contributed by atoms with Crippen molar-refractivity contribution < 1.29 is 14.7 Å². The zero-order valence-electron chi connectivity index (χ0n) is 13.6. The molecular weight excluding hydrogens is 384 g/mol. The van der Waals surface area contributed by atoms with Gasteiger partial charge in [0.25, 0.3) is 5.91 Å². The number of benzene rings is 2. The molecule has 0 radical (unpaired) electrons. The van der Waals surface area contributed by atoms with Crippen LogP contribution in [0.5, 0.6) is 5.75 Å². The van der Waals surface area contributed by atoms with E-state index < -0.39 is 0 Å². The van der Waals surface area contributed by atoms with Gasteiger partial charge >= 0.3 is 0 Å². The average molecular weight is 403 g/mol. The lowest BCUT2D eigenvalue weighted by atomic mass is 9.95. The molecule has 0 bridgehead atoms. The number of nitrogens with one attached hydrogen (secondary N) is 1. The number of hydrogen-bond acceptors (Lipinski definition) is 3. The van der Waals surface area contributed by atoms with Crippen molar-refractivity contribution >= 4 is 33.4 Å². The summed E-state index contributed by atoms with van der Waals surface area (Å²) in [5.41, 5.74) is 1.24. The molecule has 2 aromatic carbocycles. The molecule has 2 amide bonds. The second-order valence-corrected chi connectivity index (χ2v) is 7.03. The summed E-state index contributed by atoms with van der Waals surface area (Å²) in [6.07, 6.45) is 1.26. The molecule has 0 spiro atoms. The Labute approximate surface area is 154 Å². The summed E-state index contributed by atoms with van der Waals surface area (Å²) in [6, 6.07) is 13.8. The van der Waals surface area contributed by atoms with Crippen molar-refractivity contribution in [3.05, 3.63) is 58.6 Å². The Morgan fingerprint density at radius 2 is 1.76 bits per heavy atom. The van der Waals surface area contributed by atoms with Crippen LogP contribution < -0.4 is 5.32 Å². The minimum atomic E-state index is -0.128. The predicted octanol–water partition coefficient (Wildman–Crippen LogP) is 3.65. The van der Waals surface area contributed by atoms with E-state index in [1.54, 1.807) is 35.2 Å². The number of carbonyl (C=O) groups is 2. The topological polar surface area (TPSA) is 69.6 Å². The Morgan fingerprint density at radius 1 is 1.08 bits per heavy atom. The van der Waals surface area contributed by atoms with Crippen LogP contribution in [-0.2, 0) is 4.79 Å². The molecule has 5 nitrogen and oxygen atoms in total. The van der Waals surface area contributed by atoms with Gasteiger partial charge in [-0.05, 0) is 49.2 Å². The monoisotopic (exact) mass is 402 g/mol. The maximum atomic E-state index is 12.5. The third kappa shape index (κ3) is 4.39. The van der Waals surface area contributed by atoms with E-state index in [9.17, 15) is 14.7 Å². The molecule has 25 heavy (non-hydrogen) atoms. The lowest BCUT2D eigenvalue weighted by Crippen LogP contribution is -2.41. The summed E-state index contributed by atoms with van der Waals surface area (Å²) in [5.74, 6) is -0.0790. The molecule has 1 fully saturated rings. The number of rotatable bonds is 3. The van der Waals surface area contributed by atoms with Crippen LogP contribution >= 0.6 is 15.9 Å². The number of likely N-dealkylation sites (tertiary alicyclic amines) is 1.